The fourth-order valence-corrected chi connectivity index (χ4v) is 4.61. The van der Waals surface area contributed by atoms with Gasteiger partial charge in [-0.25, -0.2) is 15.0 Å². The molecule has 0 spiro atoms. The number of fused-ring (bicyclic) bond motifs is 1. The van der Waals surface area contributed by atoms with Crippen LogP contribution in [0.2, 0.25) is 0 Å². The number of hydrogen-bond acceptors (Lipinski definition) is 9. The molecule has 0 fully saturated rings. The molecule has 0 saturated carbocycles. The fraction of sp³-hybridized carbons (Fsp3) is 0.300. The van der Waals surface area contributed by atoms with E-state index in [1.54, 1.807) is 49.7 Å². The Bertz CT molecular complexity index is 1590. The van der Waals surface area contributed by atoms with Crippen LogP contribution in [0.5, 0.6) is 11.5 Å². The molecular formula is C30H33N5O8. The number of hydrazone groups is 1. The molecular weight excluding hydrogens is 558 g/mol. The molecule has 0 radical (unpaired) electrons. The summed E-state index contributed by atoms with van der Waals surface area (Å²) in [5.74, 6) is -0.876. The van der Waals surface area contributed by atoms with Crippen LogP contribution < -0.4 is 25.5 Å². The Morgan fingerprint density at radius 3 is 2.58 bits per heavy atom. The highest BCUT2D eigenvalue weighted by Crippen LogP contribution is 2.34. The first kappa shape index (κ1) is 30.6. The normalized spacial score (nSPS) is 14.7. The van der Waals surface area contributed by atoms with Gasteiger partial charge in [0, 0.05) is 28.4 Å². The Morgan fingerprint density at radius 2 is 1.84 bits per heavy atom. The molecule has 3 amide bonds. The highest BCUT2D eigenvalue weighted by atomic mass is 16.5. The van der Waals surface area contributed by atoms with Gasteiger partial charge in [0.2, 0.25) is 0 Å². The third-order valence-corrected chi connectivity index (χ3v) is 6.46. The second-order valence-corrected chi connectivity index (χ2v) is 9.32. The van der Waals surface area contributed by atoms with Crippen LogP contribution in [-0.4, -0.2) is 61.6 Å². The molecule has 0 saturated heterocycles. The first-order chi connectivity index (χ1) is 20.7. The van der Waals surface area contributed by atoms with E-state index >= 15 is 0 Å². The first-order valence-electron chi connectivity index (χ1n) is 13.6. The Balaban J connectivity index is 1.42. The molecule has 1 aliphatic rings. The first-order valence-corrected chi connectivity index (χ1v) is 13.6. The lowest BCUT2D eigenvalue weighted by atomic mass is 9.95. The number of para-hydroxylation sites is 1. The number of nitrogens with one attached hydrogen (secondary N) is 3. The molecule has 2 aromatic carbocycles. The number of allylic oxidation sites excluding steroid dienone is 1. The van der Waals surface area contributed by atoms with Crippen LogP contribution in [0.4, 0.5) is 4.79 Å². The number of benzene rings is 2. The van der Waals surface area contributed by atoms with Gasteiger partial charge >= 0.3 is 18.0 Å². The van der Waals surface area contributed by atoms with Crippen LogP contribution in [-0.2, 0) is 30.4 Å². The van der Waals surface area contributed by atoms with Gasteiger partial charge in [-0.15, -0.1) is 0 Å². The van der Waals surface area contributed by atoms with E-state index in [1.165, 1.54) is 13.3 Å². The highest BCUT2D eigenvalue weighted by Gasteiger charge is 2.32. The van der Waals surface area contributed by atoms with Gasteiger partial charge in [0.25, 0.3) is 5.91 Å². The van der Waals surface area contributed by atoms with E-state index in [1.807, 2.05) is 24.3 Å². The third-order valence-electron chi connectivity index (χ3n) is 6.46. The van der Waals surface area contributed by atoms with E-state index in [0.717, 1.165) is 10.9 Å². The number of nitrogens with zero attached hydrogens (tertiary/aromatic N) is 2. The summed E-state index contributed by atoms with van der Waals surface area (Å²) in [6, 6.07) is 11.1. The van der Waals surface area contributed by atoms with Crippen molar-refractivity contribution in [3.8, 4) is 11.5 Å². The summed E-state index contributed by atoms with van der Waals surface area (Å²) in [6.07, 6.45) is 3.25. The lowest BCUT2D eigenvalue weighted by Gasteiger charge is -2.28. The molecule has 13 nitrogen and oxygen atoms in total. The molecule has 1 aliphatic heterocycles. The molecule has 0 aliphatic carbocycles. The number of ether oxygens (including phenoxy) is 4. The van der Waals surface area contributed by atoms with E-state index in [9.17, 15) is 19.2 Å². The van der Waals surface area contributed by atoms with Crippen LogP contribution in [0.3, 0.4) is 0 Å². The summed E-state index contributed by atoms with van der Waals surface area (Å²) in [4.78, 5) is 49.2. The number of methoxy groups -OCH3 is 1. The number of carbonyl (C=O) groups is 4. The average Bonchev–Trinajstić information content (AvgIpc) is 3.32. The Morgan fingerprint density at radius 1 is 1.07 bits per heavy atom. The zero-order valence-corrected chi connectivity index (χ0v) is 24.3. The SMILES string of the molecule is CCOC(=O)Cn1cc(/C=N/NC(=O)COc2ccc([C@H]3NC(=O)NC(C)=C3C(=O)OCC)cc2OC)c2ccccc21. The molecule has 43 heavy (non-hydrogen) atoms. The van der Waals surface area contributed by atoms with Gasteiger partial charge in [-0.2, -0.15) is 5.10 Å². The molecule has 226 valence electrons. The van der Waals surface area contributed by atoms with Crippen molar-refractivity contribution in [2.24, 2.45) is 5.10 Å². The number of amides is 3. The fourth-order valence-electron chi connectivity index (χ4n) is 4.61. The van der Waals surface area contributed by atoms with Gasteiger partial charge in [0.1, 0.15) is 6.54 Å². The van der Waals surface area contributed by atoms with Crippen molar-refractivity contribution in [2.45, 2.75) is 33.4 Å². The molecule has 2 heterocycles. The van der Waals surface area contributed by atoms with Crippen LogP contribution >= 0.6 is 0 Å². The maximum absolute atomic E-state index is 12.6. The van der Waals surface area contributed by atoms with Crippen LogP contribution in [0.25, 0.3) is 10.9 Å². The summed E-state index contributed by atoms with van der Waals surface area (Å²) in [5.41, 5.74) is 5.16. The standard InChI is InChI=1S/C30H33N5O8/c1-5-41-26(37)16-35-15-20(21-9-7-8-10-22(21)35)14-31-34-25(36)17-43-23-12-11-19(13-24(23)40-4)28-27(29(38)42-6-2)18(3)32-30(39)33-28/h7-15,28H,5-6,16-17H2,1-4H3,(H,34,36)(H2,32,33,39)/b31-14+/t28-/m1/s1. The zero-order chi connectivity index (χ0) is 30.9. The summed E-state index contributed by atoms with van der Waals surface area (Å²) in [5, 5.41) is 10.2. The lowest BCUT2D eigenvalue weighted by molar-refractivity contribution is -0.143. The van der Waals surface area contributed by atoms with Gasteiger partial charge in [0.05, 0.1) is 38.2 Å². The van der Waals surface area contributed by atoms with E-state index < -0.39 is 23.9 Å². The number of aromatic nitrogens is 1. The Kier molecular flexibility index (Phi) is 9.99. The van der Waals surface area contributed by atoms with Crippen molar-refractivity contribution >= 4 is 41.0 Å². The minimum atomic E-state index is -0.781. The van der Waals surface area contributed by atoms with Crippen molar-refractivity contribution < 1.29 is 38.1 Å². The van der Waals surface area contributed by atoms with Gasteiger partial charge in [-0.05, 0) is 44.5 Å². The summed E-state index contributed by atoms with van der Waals surface area (Å²) < 4.78 is 23.1. The van der Waals surface area contributed by atoms with Gasteiger partial charge < -0.3 is 34.1 Å². The van der Waals surface area contributed by atoms with Gasteiger partial charge in [0.15, 0.2) is 18.1 Å². The Labute approximate surface area is 247 Å². The minimum absolute atomic E-state index is 0.0487. The van der Waals surface area contributed by atoms with E-state index in [-0.39, 0.29) is 42.8 Å². The second kappa shape index (κ2) is 14.0. The molecule has 3 N–H and O–H groups in total. The van der Waals surface area contributed by atoms with E-state index in [0.29, 0.717) is 23.4 Å². The number of urea groups is 1. The molecule has 1 atom stereocenters. The summed E-state index contributed by atoms with van der Waals surface area (Å²) >= 11 is 0. The van der Waals surface area contributed by atoms with Gasteiger partial charge in [-0.1, -0.05) is 24.3 Å². The molecule has 13 heteroatoms. The smallest absolute Gasteiger partial charge is 0.338 e. The lowest BCUT2D eigenvalue weighted by Crippen LogP contribution is -2.45. The van der Waals surface area contributed by atoms with Crippen LogP contribution in [0.15, 0.2) is 65.0 Å². The number of hydrogen-bond donors (Lipinski definition) is 3. The summed E-state index contributed by atoms with van der Waals surface area (Å²) in [7, 11) is 1.43. The van der Waals surface area contributed by atoms with Crippen molar-refractivity contribution in [1.82, 2.24) is 20.6 Å². The molecule has 4 rings (SSSR count). The second-order valence-electron chi connectivity index (χ2n) is 9.32. The average molecular weight is 592 g/mol. The number of rotatable bonds is 12. The quantitative estimate of drug-likeness (QED) is 0.165. The molecule has 0 bridgehead atoms. The van der Waals surface area contributed by atoms with Gasteiger partial charge in [-0.3, -0.25) is 9.59 Å². The largest absolute Gasteiger partial charge is 0.493 e. The predicted molar refractivity (Wildman–Crippen MR) is 157 cm³/mol. The predicted octanol–water partition coefficient (Wildman–Crippen LogP) is 2.93. The van der Waals surface area contributed by atoms with E-state index in [2.05, 4.69) is 21.2 Å². The highest BCUT2D eigenvalue weighted by molar-refractivity contribution is 6.00. The maximum Gasteiger partial charge on any atom is 0.338 e. The van der Waals surface area contributed by atoms with Crippen LogP contribution in [0, 0.1) is 0 Å². The number of esters is 2. The molecule has 1 aromatic heterocycles. The molecule has 0 unspecified atom stereocenters. The van der Waals surface area contributed by atoms with Crippen LogP contribution in [0.1, 0.15) is 37.9 Å². The molecule has 3 aromatic rings. The Hall–Kier alpha value is -5.33. The minimum Gasteiger partial charge on any atom is -0.493 e. The number of carbonyl (C=O) groups excluding carboxylic acids is 4. The van der Waals surface area contributed by atoms with E-state index in [4.69, 9.17) is 18.9 Å². The van der Waals surface area contributed by atoms with Crippen molar-refractivity contribution in [1.29, 1.82) is 0 Å². The topological polar surface area (TPSA) is 159 Å². The maximum atomic E-state index is 12.6. The van der Waals surface area contributed by atoms with Crippen molar-refractivity contribution in [3.05, 3.63) is 71.1 Å². The third kappa shape index (κ3) is 7.31. The summed E-state index contributed by atoms with van der Waals surface area (Å²) in [6.45, 7) is 5.22. The van der Waals surface area contributed by atoms with Crippen molar-refractivity contribution in [2.75, 3.05) is 26.9 Å². The zero-order valence-electron chi connectivity index (χ0n) is 24.3. The van der Waals surface area contributed by atoms with Crippen molar-refractivity contribution in [3.63, 3.8) is 0 Å². The monoisotopic (exact) mass is 591 g/mol.